The van der Waals surface area contributed by atoms with Gasteiger partial charge in [-0.2, -0.15) is 9.97 Å². The molecule has 2 unspecified atom stereocenters. The normalized spacial score (nSPS) is 27.7. The van der Waals surface area contributed by atoms with E-state index in [1.807, 2.05) is 0 Å². The zero-order chi connectivity index (χ0) is 18.1. The average Bonchev–Trinajstić information content (AvgIpc) is 3.14. The van der Waals surface area contributed by atoms with E-state index in [2.05, 4.69) is 20.3 Å². The summed E-state index contributed by atoms with van der Waals surface area (Å²) in [6, 6.07) is 0. The highest BCUT2D eigenvalue weighted by Gasteiger charge is 2.44. The number of nitrogens with one attached hydrogen (secondary N) is 1. The standard InChI is InChI=1S/C13H20N6O6/c14-13-17-10(15-1-5(22)2-20)7-11(18-13)19(4-16-7)12-9(24)8(23)6(3-21)25-12/h4-6,8-9,12,20-24H,1-3H2,(H3,14,15,17,18)/t5?,6-,8-,9-,12?/m1/s1. The van der Waals surface area contributed by atoms with Crippen LogP contribution in [-0.2, 0) is 4.74 Å². The number of nitrogen functional groups attached to an aromatic ring is 1. The van der Waals surface area contributed by atoms with Gasteiger partial charge in [0, 0.05) is 6.54 Å². The van der Waals surface area contributed by atoms with Crippen LogP contribution in [0.3, 0.4) is 0 Å². The third kappa shape index (κ3) is 3.22. The lowest BCUT2D eigenvalue weighted by Gasteiger charge is -2.17. The molecule has 0 aliphatic carbocycles. The monoisotopic (exact) mass is 356 g/mol. The van der Waals surface area contributed by atoms with E-state index < -0.39 is 43.9 Å². The highest BCUT2D eigenvalue weighted by molar-refractivity contribution is 5.84. The van der Waals surface area contributed by atoms with Gasteiger partial charge in [-0.05, 0) is 0 Å². The Labute approximate surface area is 141 Å². The van der Waals surface area contributed by atoms with Gasteiger partial charge in [0.2, 0.25) is 5.95 Å². The summed E-state index contributed by atoms with van der Waals surface area (Å²) in [5.74, 6) is 0.155. The lowest BCUT2D eigenvalue weighted by molar-refractivity contribution is -0.0511. The number of rotatable bonds is 6. The molecule has 3 heterocycles. The van der Waals surface area contributed by atoms with Crippen LogP contribution in [0.4, 0.5) is 11.8 Å². The van der Waals surface area contributed by atoms with Gasteiger partial charge < -0.3 is 41.3 Å². The summed E-state index contributed by atoms with van der Waals surface area (Å²) in [6.07, 6.45) is -4.15. The molecule has 25 heavy (non-hydrogen) atoms. The lowest BCUT2D eigenvalue weighted by atomic mass is 10.1. The maximum absolute atomic E-state index is 10.2. The fourth-order valence-corrected chi connectivity index (χ4v) is 2.63. The number of anilines is 2. The van der Waals surface area contributed by atoms with Crippen LogP contribution in [0.1, 0.15) is 6.23 Å². The smallest absolute Gasteiger partial charge is 0.224 e. The first kappa shape index (κ1) is 17.7. The summed E-state index contributed by atoms with van der Waals surface area (Å²) in [5, 5.41) is 50.4. The fraction of sp³-hybridized carbons (Fsp3) is 0.615. The number of aliphatic hydroxyl groups is 5. The van der Waals surface area contributed by atoms with Crippen molar-refractivity contribution in [2.24, 2.45) is 0 Å². The molecule has 2 aromatic rings. The van der Waals surface area contributed by atoms with Crippen LogP contribution >= 0.6 is 0 Å². The molecule has 0 radical (unpaired) electrons. The van der Waals surface area contributed by atoms with E-state index in [-0.39, 0.29) is 24.0 Å². The van der Waals surface area contributed by atoms with Gasteiger partial charge in [0.1, 0.15) is 18.3 Å². The molecule has 5 atom stereocenters. The van der Waals surface area contributed by atoms with Gasteiger partial charge in [-0.15, -0.1) is 0 Å². The van der Waals surface area contributed by atoms with Crippen molar-refractivity contribution in [1.82, 2.24) is 19.5 Å². The van der Waals surface area contributed by atoms with E-state index >= 15 is 0 Å². The number of ether oxygens (including phenoxy) is 1. The summed E-state index contributed by atoms with van der Waals surface area (Å²) in [4.78, 5) is 12.2. The molecule has 1 aliphatic heterocycles. The number of fused-ring (bicyclic) bond motifs is 1. The fourth-order valence-electron chi connectivity index (χ4n) is 2.63. The third-order valence-corrected chi connectivity index (χ3v) is 3.95. The number of aromatic nitrogens is 4. The molecule has 0 amide bonds. The molecule has 138 valence electrons. The van der Waals surface area contributed by atoms with Crippen LogP contribution in [0.5, 0.6) is 0 Å². The topological polar surface area (TPSA) is 192 Å². The van der Waals surface area contributed by atoms with Crippen molar-refractivity contribution in [2.45, 2.75) is 30.6 Å². The number of hydrogen-bond acceptors (Lipinski definition) is 11. The zero-order valence-electron chi connectivity index (χ0n) is 13.1. The van der Waals surface area contributed by atoms with Gasteiger partial charge in [0.15, 0.2) is 23.2 Å². The summed E-state index contributed by atoms with van der Waals surface area (Å²) in [7, 11) is 0. The van der Waals surface area contributed by atoms with Crippen LogP contribution in [-0.4, -0.2) is 89.2 Å². The minimum atomic E-state index is -1.29. The van der Waals surface area contributed by atoms with Gasteiger partial charge in [-0.3, -0.25) is 4.57 Å². The second-order valence-electron chi connectivity index (χ2n) is 5.70. The minimum Gasteiger partial charge on any atom is -0.394 e. The first-order valence-corrected chi connectivity index (χ1v) is 7.61. The first-order valence-electron chi connectivity index (χ1n) is 7.61. The Bertz CT molecular complexity index is 741. The Morgan fingerprint density at radius 2 is 2.04 bits per heavy atom. The van der Waals surface area contributed by atoms with E-state index in [1.165, 1.54) is 10.9 Å². The molecular weight excluding hydrogens is 336 g/mol. The van der Waals surface area contributed by atoms with Crippen LogP contribution in [0.2, 0.25) is 0 Å². The molecule has 1 fully saturated rings. The van der Waals surface area contributed by atoms with Crippen molar-refractivity contribution >= 4 is 22.9 Å². The summed E-state index contributed by atoms with van der Waals surface area (Å²) in [5.41, 5.74) is 6.24. The van der Waals surface area contributed by atoms with Gasteiger partial charge >= 0.3 is 0 Å². The molecule has 1 saturated heterocycles. The van der Waals surface area contributed by atoms with Gasteiger partial charge in [0.05, 0.1) is 25.6 Å². The maximum atomic E-state index is 10.2. The largest absolute Gasteiger partial charge is 0.394 e. The second-order valence-corrected chi connectivity index (χ2v) is 5.70. The van der Waals surface area contributed by atoms with E-state index in [1.54, 1.807) is 0 Å². The van der Waals surface area contributed by atoms with Gasteiger partial charge in [-0.1, -0.05) is 0 Å². The highest BCUT2D eigenvalue weighted by atomic mass is 16.6. The number of nitrogens with zero attached hydrogens (tertiary/aromatic N) is 4. The van der Waals surface area contributed by atoms with E-state index in [0.717, 1.165) is 0 Å². The Kier molecular flexibility index (Phi) is 4.99. The van der Waals surface area contributed by atoms with Crippen molar-refractivity contribution < 1.29 is 30.3 Å². The summed E-state index contributed by atoms with van der Waals surface area (Å²) in [6.45, 7) is -0.860. The highest BCUT2D eigenvalue weighted by Crippen LogP contribution is 2.32. The Morgan fingerprint density at radius 3 is 2.68 bits per heavy atom. The Balaban J connectivity index is 1.95. The van der Waals surface area contributed by atoms with Crippen molar-refractivity contribution in [1.29, 1.82) is 0 Å². The molecule has 2 aromatic heterocycles. The van der Waals surface area contributed by atoms with E-state index in [9.17, 15) is 20.4 Å². The van der Waals surface area contributed by atoms with E-state index in [4.69, 9.17) is 15.6 Å². The number of hydrogen-bond donors (Lipinski definition) is 7. The molecular formula is C13H20N6O6. The minimum absolute atomic E-state index is 0.0166. The molecule has 0 saturated carbocycles. The van der Waals surface area contributed by atoms with Crippen molar-refractivity contribution in [3.63, 3.8) is 0 Å². The van der Waals surface area contributed by atoms with Gasteiger partial charge in [0.25, 0.3) is 0 Å². The zero-order valence-corrected chi connectivity index (χ0v) is 13.1. The first-order chi connectivity index (χ1) is 12.0. The van der Waals surface area contributed by atoms with Crippen LogP contribution in [0, 0.1) is 0 Å². The Morgan fingerprint density at radius 1 is 1.28 bits per heavy atom. The van der Waals surface area contributed by atoms with Crippen molar-refractivity contribution in [2.75, 3.05) is 30.8 Å². The average molecular weight is 356 g/mol. The van der Waals surface area contributed by atoms with Crippen LogP contribution in [0.25, 0.3) is 11.2 Å². The van der Waals surface area contributed by atoms with Crippen molar-refractivity contribution in [3.05, 3.63) is 6.33 Å². The molecule has 1 aliphatic rings. The number of nitrogens with two attached hydrogens (primary N) is 1. The predicted octanol–water partition coefficient (Wildman–Crippen LogP) is -3.21. The summed E-state index contributed by atoms with van der Waals surface area (Å²) >= 11 is 0. The lowest BCUT2D eigenvalue weighted by Crippen LogP contribution is -2.33. The van der Waals surface area contributed by atoms with Crippen LogP contribution in [0.15, 0.2) is 6.33 Å². The maximum Gasteiger partial charge on any atom is 0.224 e. The number of aliphatic hydroxyl groups excluding tert-OH is 5. The second kappa shape index (κ2) is 7.03. The molecule has 0 spiro atoms. The molecule has 3 rings (SSSR count). The third-order valence-electron chi connectivity index (χ3n) is 3.95. The Hall–Kier alpha value is -2.09. The molecule has 8 N–H and O–H groups in total. The summed E-state index contributed by atoms with van der Waals surface area (Å²) < 4.78 is 6.84. The number of imidazole rings is 1. The van der Waals surface area contributed by atoms with E-state index in [0.29, 0.717) is 5.52 Å². The molecule has 12 nitrogen and oxygen atoms in total. The molecule has 0 aromatic carbocycles. The SMILES string of the molecule is Nc1nc(NCC(O)CO)c2ncn(C3O[C@H](CO)[C@@H](O)[C@H]3O)c2n1. The van der Waals surface area contributed by atoms with Crippen molar-refractivity contribution in [3.8, 4) is 0 Å². The quantitative estimate of drug-likeness (QED) is 0.275. The molecule has 12 heteroatoms. The predicted molar refractivity (Wildman–Crippen MR) is 84.3 cm³/mol. The van der Waals surface area contributed by atoms with Crippen LogP contribution < -0.4 is 11.1 Å². The molecule has 0 bridgehead atoms. The van der Waals surface area contributed by atoms with Gasteiger partial charge in [-0.25, -0.2) is 4.98 Å².